The van der Waals surface area contributed by atoms with Gasteiger partial charge in [-0.05, 0) is 46.5 Å². The van der Waals surface area contributed by atoms with Gasteiger partial charge in [0.25, 0.3) is 0 Å². The summed E-state index contributed by atoms with van der Waals surface area (Å²) in [7, 11) is 0. The lowest BCUT2D eigenvalue weighted by molar-refractivity contribution is 0.662. The molecule has 0 atom stereocenters. The van der Waals surface area contributed by atoms with E-state index in [1.54, 1.807) is 0 Å². The molecule has 8 aromatic carbocycles. The molecule has 0 N–H and O–H groups in total. The van der Waals surface area contributed by atoms with Gasteiger partial charge in [0.2, 0.25) is 5.95 Å². The Hall–Kier alpha value is -7.02. The van der Waals surface area contributed by atoms with Crippen molar-refractivity contribution in [3.8, 4) is 17.2 Å². The fourth-order valence-corrected chi connectivity index (χ4v) is 10.2. The van der Waals surface area contributed by atoms with E-state index in [-0.39, 0.29) is 0 Å². The fourth-order valence-electron chi connectivity index (χ4n) is 8.93. The molecule has 0 fully saturated rings. The van der Waals surface area contributed by atoms with E-state index in [0.29, 0.717) is 17.2 Å². The average Bonchev–Trinajstić information content (AvgIpc) is 3.99. The lowest BCUT2D eigenvalue weighted by Crippen LogP contribution is -2.03. The summed E-state index contributed by atoms with van der Waals surface area (Å²) < 4.78 is 18.1. The van der Waals surface area contributed by atoms with Crippen molar-refractivity contribution in [1.82, 2.24) is 14.5 Å². The van der Waals surface area contributed by atoms with Crippen molar-refractivity contribution in [2.24, 2.45) is 0 Å². The van der Waals surface area contributed by atoms with Gasteiger partial charge in [-0.1, -0.05) is 121 Å². The summed E-state index contributed by atoms with van der Waals surface area (Å²) in [5.41, 5.74) is 7.52. The Balaban J connectivity index is 1.28. The molecule has 5 nitrogen and oxygen atoms in total. The number of fused-ring (bicyclic) bond motifs is 18. The van der Waals surface area contributed by atoms with Crippen LogP contribution in [0.4, 0.5) is 0 Å². The largest absolute Gasteiger partial charge is 0.455 e. The van der Waals surface area contributed by atoms with Crippen LogP contribution < -0.4 is 0 Å². The zero-order valence-corrected chi connectivity index (χ0v) is 29.3. The zero-order chi connectivity index (χ0) is 35.1. The standard InChI is InChI=1S/C48H25N3O2S/c1-2-13-27-26(12-1)24-25-34-39-29-15-3-4-16-30(29)40-33-18-7-10-23-38(33)54-47(40)44(39)51(43(27)34)48-49-41-32-17-6-9-22-37(32)53-46(41)42(50-48)35-20-11-19-31-28-14-5-8-21-36(28)52-45(31)35/h1-25H. The van der Waals surface area contributed by atoms with Crippen LogP contribution in [0.25, 0.3) is 125 Å². The molecule has 0 amide bonds. The highest BCUT2D eigenvalue weighted by atomic mass is 32.1. The minimum absolute atomic E-state index is 0.586. The molecule has 0 saturated heterocycles. The van der Waals surface area contributed by atoms with Crippen LogP contribution in [0.1, 0.15) is 0 Å². The molecule has 250 valence electrons. The van der Waals surface area contributed by atoms with Crippen LogP contribution in [0.3, 0.4) is 0 Å². The molecule has 0 bridgehead atoms. The predicted octanol–water partition coefficient (Wildman–Crippen LogP) is 13.7. The Morgan fingerprint density at radius 1 is 0.444 bits per heavy atom. The number of para-hydroxylation sites is 3. The quantitative estimate of drug-likeness (QED) is 0.179. The first-order valence-corrected chi connectivity index (χ1v) is 18.9. The molecule has 0 unspecified atom stereocenters. The third kappa shape index (κ3) is 3.62. The van der Waals surface area contributed by atoms with Gasteiger partial charge < -0.3 is 8.83 Å². The number of benzene rings is 8. The van der Waals surface area contributed by atoms with Crippen LogP contribution >= 0.6 is 11.3 Å². The SMILES string of the molecule is c1ccc2c(c1)ccc1c3c4ccccc4c4c5ccccc5sc4c3n(-c3nc(-c4cccc5c4oc4ccccc45)c4oc5ccccc5c4n3)c21. The average molecular weight is 708 g/mol. The lowest BCUT2D eigenvalue weighted by Gasteiger charge is -2.12. The normalized spacial score (nSPS) is 12.4. The van der Waals surface area contributed by atoms with Gasteiger partial charge in [0.15, 0.2) is 5.58 Å². The van der Waals surface area contributed by atoms with Crippen LogP contribution in [0.15, 0.2) is 160 Å². The maximum atomic E-state index is 6.67. The van der Waals surface area contributed by atoms with Gasteiger partial charge in [-0.25, -0.2) is 9.97 Å². The van der Waals surface area contributed by atoms with Gasteiger partial charge in [-0.15, -0.1) is 11.3 Å². The first-order valence-electron chi connectivity index (χ1n) is 18.1. The highest BCUT2D eigenvalue weighted by molar-refractivity contribution is 7.27. The maximum Gasteiger partial charge on any atom is 0.236 e. The summed E-state index contributed by atoms with van der Waals surface area (Å²) >= 11 is 1.84. The van der Waals surface area contributed by atoms with Crippen molar-refractivity contribution in [3.05, 3.63) is 152 Å². The predicted molar refractivity (Wildman–Crippen MR) is 224 cm³/mol. The summed E-state index contributed by atoms with van der Waals surface area (Å²) in [5, 5.41) is 12.7. The summed E-state index contributed by atoms with van der Waals surface area (Å²) in [6.07, 6.45) is 0. The molecular formula is C48H25N3O2S. The van der Waals surface area contributed by atoms with Gasteiger partial charge in [0.05, 0.1) is 15.7 Å². The Morgan fingerprint density at radius 3 is 1.94 bits per heavy atom. The maximum absolute atomic E-state index is 6.67. The topological polar surface area (TPSA) is 57.0 Å². The van der Waals surface area contributed by atoms with Crippen molar-refractivity contribution in [1.29, 1.82) is 0 Å². The number of rotatable bonds is 2. The van der Waals surface area contributed by atoms with Gasteiger partial charge in [-0.2, -0.15) is 0 Å². The van der Waals surface area contributed by atoms with Gasteiger partial charge in [0.1, 0.15) is 28.0 Å². The molecule has 13 rings (SSSR count). The summed E-state index contributed by atoms with van der Waals surface area (Å²) in [4.78, 5) is 11.1. The van der Waals surface area contributed by atoms with E-state index in [1.165, 1.54) is 41.7 Å². The summed E-state index contributed by atoms with van der Waals surface area (Å²) in [6.45, 7) is 0. The van der Waals surface area contributed by atoms with Crippen LogP contribution in [-0.2, 0) is 0 Å². The van der Waals surface area contributed by atoms with Gasteiger partial charge in [-0.3, -0.25) is 4.57 Å². The number of nitrogens with zero attached hydrogens (tertiary/aromatic N) is 3. The van der Waals surface area contributed by atoms with Crippen LogP contribution in [0, 0.1) is 0 Å². The lowest BCUT2D eigenvalue weighted by atomic mass is 9.98. The molecule has 6 heteroatoms. The molecule has 0 aliphatic rings. The second-order valence-corrected chi connectivity index (χ2v) is 15.1. The molecule has 0 aliphatic heterocycles. The second kappa shape index (κ2) is 10.3. The smallest absolute Gasteiger partial charge is 0.236 e. The molecule has 0 radical (unpaired) electrons. The minimum Gasteiger partial charge on any atom is -0.455 e. The first kappa shape index (κ1) is 28.6. The zero-order valence-electron chi connectivity index (χ0n) is 28.5. The molecule has 54 heavy (non-hydrogen) atoms. The second-order valence-electron chi connectivity index (χ2n) is 14.0. The minimum atomic E-state index is 0.586. The molecular weight excluding hydrogens is 683 g/mol. The van der Waals surface area contributed by atoms with Gasteiger partial charge in [0, 0.05) is 53.4 Å². The van der Waals surface area contributed by atoms with E-state index in [9.17, 15) is 0 Å². The Labute approximate surface area is 309 Å². The number of furan rings is 2. The van der Waals surface area contributed by atoms with E-state index < -0.39 is 0 Å². The third-order valence-electron chi connectivity index (χ3n) is 11.2. The Kier molecular flexibility index (Phi) is 5.45. The van der Waals surface area contributed by atoms with E-state index in [2.05, 4.69) is 126 Å². The number of thiophene rings is 1. The summed E-state index contributed by atoms with van der Waals surface area (Å²) in [6, 6.07) is 53.4. The highest BCUT2D eigenvalue weighted by Gasteiger charge is 2.27. The molecule has 5 aromatic heterocycles. The van der Waals surface area contributed by atoms with Crippen LogP contribution in [0.2, 0.25) is 0 Å². The van der Waals surface area contributed by atoms with Crippen LogP contribution in [-0.4, -0.2) is 14.5 Å². The number of hydrogen-bond donors (Lipinski definition) is 0. The first-order chi connectivity index (χ1) is 26.8. The van der Waals surface area contributed by atoms with E-state index in [0.717, 1.165) is 65.8 Å². The monoisotopic (exact) mass is 707 g/mol. The molecule has 0 saturated carbocycles. The van der Waals surface area contributed by atoms with Crippen molar-refractivity contribution < 1.29 is 8.83 Å². The Morgan fingerprint density at radius 2 is 1.09 bits per heavy atom. The van der Waals surface area contributed by atoms with E-state index in [1.807, 2.05) is 41.7 Å². The van der Waals surface area contributed by atoms with Crippen molar-refractivity contribution in [3.63, 3.8) is 0 Å². The van der Waals surface area contributed by atoms with Crippen molar-refractivity contribution in [2.45, 2.75) is 0 Å². The third-order valence-corrected chi connectivity index (χ3v) is 12.4. The molecule has 5 heterocycles. The van der Waals surface area contributed by atoms with Crippen LogP contribution in [0.5, 0.6) is 0 Å². The molecule has 0 spiro atoms. The summed E-state index contributed by atoms with van der Waals surface area (Å²) in [5.74, 6) is 0.586. The highest BCUT2D eigenvalue weighted by Crippen LogP contribution is 2.49. The number of aromatic nitrogens is 3. The van der Waals surface area contributed by atoms with Crippen molar-refractivity contribution >= 4 is 119 Å². The van der Waals surface area contributed by atoms with E-state index >= 15 is 0 Å². The Bertz CT molecular complexity index is 3750. The molecule has 13 aromatic rings. The molecule has 0 aliphatic carbocycles. The number of hydrogen-bond acceptors (Lipinski definition) is 5. The van der Waals surface area contributed by atoms with Crippen molar-refractivity contribution in [2.75, 3.05) is 0 Å². The van der Waals surface area contributed by atoms with Gasteiger partial charge >= 0.3 is 0 Å². The van der Waals surface area contributed by atoms with E-state index in [4.69, 9.17) is 18.8 Å². The fraction of sp³-hybridized carbons (Fsp3) is 0.